The van der Waals surface area contributed by atoms with Gasteiger partial charge in [-0.2, -0.15) is 11.8 Å². The van der Waals surface area contributed by atoms with Gasteiger partial charge in [-0.25, -0.2) is 0 Å². The van der Waals surface area contributed by atoms with Gasteiger partial charge in [0, 0.05) is 18.8 Å². The minimum absolute atomic E-state index is 0.0862. The van der Waals surface area contributed by atoms with Gasteiger partial charge < -0.3 is 10.4 Å². The molecule has 2 nitrogen and oxygen atoms in total. The Balaban J connectivity index is 1.85. The highest BCUT2D eigenvalue weighted by molar-refractivity contribution is 7.98. The van der Waals surface area contributed by atoms with Gasteiger partial charge in [0.05, 0.1) is 6.10 Å². The molecule has 2 N–H and O–H groups in total. The van der Waals surface area contributed by atoms with Crippen LogP contribution in [0, 0.1) is 5.92 Å². The molecule has 0 aromatic rings. The van der Waals surface area contributed by atoms with Crippen molar-refractivity contribution < 1.29 is 5.11 Å². The molecule has 1 saturated carbocycles. The van der Waals surface area contributed by atoms with Crippen LogP contribution in [0.4, 0.5) is 0 Å². The summed E-state index contributed by atoms with van der Waals surface area (Å²) in [4.78, 5) is 0. The minimum atomic E-state index is -0.0862. The van der Waals surface area contributed by atoms with Crippen molar-refractivity contribution >= 4 is 11.8 Å². The third-order valence-corrected chi connectivity index (χ3v) is 2.61. The molecule has 1 aliphatic carbocycles. The number of aliphatic hydroxyl groups excluding tert-OH is 1. The van der Waals surface area contributed by atoms with E-state index in [0.717, 1.165) is 18.8 Å². The van der Waals surface area contributed by atoms with Crippen LogP contribution in [0.1, 0.15) is 12.8 Å². The summed E-state index contributed by atoms with van der Waals surface area (Å²) in [7, 11) is 0. The molecule has 0 aliphatic heterocycles. The first-order chi connectivity index (χ1) is 5.34. The first-order valence-corrected chi connectivity index (χ1v) is 5.61. The van der Waals surface area contributed by atoms with Crippen molar-refractivity contribution in [2.75, 3.05) is 25.1 Å². The monoisotopic (exact) mass is 175 g/mol. The van der Waals surface area contributed by atoms with Crippen LogP contribution in [0.15, 0.2) is 0 Å². The molecule has 0 saturated heterocycles. The smallest absolute Gasteiger partial charge is 0.0692 e. The molecule has 1 atom stereocenters. The molecule has 1 fully saturated rings. The fraction of sp³-hybridized carbons (Fsp3) is 1.00. The first kappa shape index (κ1) is 9.36. The summed E-state index contributed by atoms with van der Waals surface area (Å²) in [5.74, 6) is 1.74. The Morgan fingerprint density at radius 1 is 1.64 bits per heavy atom. The van der Waals surface area contributed by atoms with Crippen molar-refractivity contribution in [3.8, 4) is 0 Å². The second-order valence-corrected chi connectivity index (χ2v) is 4.09. The molecule has 0 heterocycles. The zero-order chi connectivity index (χ0) is 8.10. The van der Waals surface area contributed by atoms with Gasteiger partial charge in [-0.1, -0.05) is 0 Å². The number of thioether (sulfide) groups is 1. The average molecular weight is 175 g/mol. The Morgan fingerprint density at radius 3 is 2.91 bits per heavy atom. The molecule has 1 rings (SSSR count). The van der Waals surface area contributed by atoms with Gasteiger partial charge in [0.1, 0.15) is 0 Å². The molecule has 11 heavy (non-hydrogen) atoms. The topological polar surface area (TPSA) is 32.3 Å². The van der Waals surface area contributed by atoms with Crippen LogP contribution < -0.4 is 5.32 Å². The van der Waals surface area contributed by atoms with Crippen molar-refractivity contribution in [1.29, 1.82) is 0 Å². The van der Waals surface area contributed by atoms with Gasteiger partial charge in [0.2, 0.25) is 0 Å². The molecule has 0 amide bonds. The zero-order valence-corrected chi connectivity index (χ0v) is 7.86. The van der Waals surface area contributed by atoms with Gasteiger partial charge in [-0.15, -0.1) is 0 Å². The summed E-state index contributed by atoms with van der Waals surface area (Å²) in [6.45, 7) is 1.80. The van der Waals surface area contributed by atoms with E-state index in [9.17, 15) is 5.11 Å². The van der Waals surface area contributed by atoms with Crippen LogP contribution in [0.5, 0.6) is 0 Å². The highest BCUT2D eigenvalue weighted by Crippen LogP contribution is 2.32. The van der Waals surface area contributed by atoms with Gasteiger partial charge >= 0.3 is 0 Å². The average Bonchev–Trinajstić information content (AvgIpc) is 2.79. The molecular formula is C8H17NOS. The zero-order valence-electron chi connectivity index (χ0n) is 7.05. The lowest BCUT2D eigenvalue weighted by Crippen LogP contribution is -2.29. The third-order valence-electron chi connectivity index (χ3n) is 2.00. The standard InChI is InChI=1S/C8H17NOS/c1-11-5-4-9-6-8(10)7-2-3-7/h7-10H,2-6H2,1H3. The minimum Gasteiger partial charge on any atom is -0.392 e. The Hall–Kier alpha value is 0.270. The van der Waals surface area contributed by atoms with E-state index in [1.807, 2.05) is 11.8 Å². The van der Waals surface area contributed by atoms with Crippen molar-refractivity contribution in [2.24, 2.45) is 5.92 Å². The predicted molar refractivity (Wildman–Crippen MR) is 50.0 cm³/mol. The molecule has 0 bridgehead atoms. The molecule has 0 aromatic carbocycles. The van der Waals surface area contributed by atoms with E-state index in [-0.39, 0.29) is 6.10 Å². The maximum Gasteiger partial charge on any atom is 0.0692 e. The first-order valence-electron chi connectivity index (χ1n) is 4.22. The summed E-state index contributed by atoms with van der Waals surface area (Å²) in [5, 5.41) is 12.7. The van der Waals surface area contributed by atoms with Crippen molar-refractivity contribution in [1.82, 2.24) is 5.32 Å². The lowest BCUT2D eigenvalue weighted by molar-refractivity contribution is 0.150. The fourth-order valence-corrected chi connectivity index (χ4v) is 1.42. The van der Waals surface area contributed by atoms with Crippen molar-refractivity contribution in [3.63, 3.8) is 0 Å². The van der Waals surface area contributed by atoms with Gasteiger partial charge in [-0.05, 0) is 25.0 Å². The van der Waals surface area contributed by atoms with E-state index >= 15 is 0 Å². The largest absolute Gasteiger partial charge is 0.392 e. The number of hydrogen-bond acceptors (Lipinski definition) is 3. The predicted octanol–water partition coefficient (Wildman–Crippen LogP) is 0.710. The fourth-order valence-electron chi connectivity index (χ4n) is 1.07. The van der Waals surface area contributed by atoms with E-state index < -0.39 is 0 Å². The molecule has 0 spiro atoms. The van der Waals surface area contributed by atoms with E-state index in [4.69, 9.17) is 0 Å². The normalized spacial score (nSPS) is 20.2. The number of nitrogens with one attached hydrogen (secondary N) is 1. The SMILES string of the molecule is CSCCNCC(O)C1CC1. The van der Waals surface area contributed by atoms with E-state index in [1.54, 1.807) is 0 Å². The summed E-state index contributed by atoms with van der Waals surface area (Å²) >= 11 is 1.83. The number of aliphatic hydroxyl groups is 1. The highest BCUT2D eigenvalue weighted by Gasteiger charge is 2.28. The van der Waals surface area contributed by atoms with E-state index in [0.29, 0.717) is 5.92 Å². The second kappa shape index (κ2) is 5.01. The molecule has 0 radical (unpaired) electrons. The quantitative estimate of drug-likeness (QED) is 0.583. The molecule has 1 unspecified atom stereocenters. The molecule has 1 aliphatic rings. The summed E-state index contributed by atoms with van der Waals surface area (Å²) in [5.41, 5.74) is 0. The summed E-state index contributed by atoms with van der Waals surface area (Å²) in [6.07, 6.45) is 4.47. The van der Waals surface area contributed by atoms with E-state index in [2.05, 4.69) is 11.6 Å². The maximum atomic E-state index is 9.42. The Bertz CT molecular complexity index is 106. The molecule has 3 heteroatoms. The van der Waals surface area contributed by atoms with Crippen LogP contribution in [0.25, 0.3) is 0 Å². The van der Waals surface area contributed by atoms with Crippen LogP contribution in [-0.4, -0.2) is 36.3 Å². The molecule has 66 valence electrons. The number of hydrogen-bond donors (Lipinski definition) is 2. The third kappa shape index (κ3) is 3.99. The maximum absolute atomic E-state index is 9.42. The van der Waals surface area contributed by atoms with Gasteiger partial charge in [0.15, 0.2) is 0 Å². The number of rotatable bonds is 6. The molecule has 0 aromatic heterocycles. The van der Waals surface area contributed by atoms with Crippen LogP contribution in [0.3, 0.4) is 0 Å². The van der Waals surface area contributed by atoms with Gasteiger partial charge in [0.25, 0.3) is 0 Å². The van der Waals surface area contributed by atoms with Crippen LogP contribution >= 0.6 is 11.8 Å². The van der Waals surface area contributed by atoms with Crippen molar-refractivity contribution in [3.05, 3.63) is 0 Å². The van der Waals surface area contributed by atoms with Gasteiger partial charge in [-0.3, -0.25) is 0 Å². The second-order valence-electron chi connectivity index (χ2n) is 3.10. The lowest BCUT2D eigenvalue weighted by Gasteiger charge is -2.09. The highest BCUT2D eigenvalue weighted by atomic mass is 32.2. The van der Waals surface area contributed by atoms with Crippen molar-refractivity contribution in [2.45, 2.75) is 18.9 Å². The lowest BCUT2D eigenvalue weighted by atomic mass is 10.2. The van der Waals surface area contributed by atoms with Crippen LogP contribution in [-0.2, 0) is 0 Å². The van der Waals surface area contributed by atoms with Crippen LogP contribution in [0.2, 0.25) is 0 Å². The molecular weight excluding hydrogens is 158 g/mol. The Labute approximate surface area is 72.8 Å². The summed E-state index contributed by atoms with van der Waals surface area (Å²) < 4.78 is 0. The Kier molecular flexibility index (Phi) is 4.26. The summed E-state index contributed by atoms with van der Waals surface area (Å²) in [6, 6.07) is 0. The van der Waals surface area contributed by atoms with E-state index in [1.165, 1.54) is 12.8 Å². The Morgan fingerprint density at radius 2 is 2.36 bits per heavy atom.